The van der Waals surface area contributed by atoms with Gasteiger partial charge in [0.15, 0.2) is 5.78 Å². The number of aryl methyl sites for hydroxylation is 1. The van der Waals surface area contributed by atoms with E-state index in [0.29, 0.717) is 10.9 Å². The summed E-state index contributed by atoms with van der Waals surface area (Å²) in [6.45, 7) is 5.67. The minimum Gasteiger partial charge on any atom is -0.376 e. The second-order valence-corrected chi connectivity index (χ2v) is 6.69. The van der Waals surface area contributed by atoms with Crippen LogP contribution in [0.3, 0.4) is 0 Å². The highest BCUT2D eigenvalue weighted by atomic mass is 32.2. The van der Waals surface area contributed by atoms with Gasteiger partial charge in [-0.1, -0.05) is 11.8 Å². The first-order valence-electron chi connectivity index (χ1n) is 7.67. The molecule has 3 heterocycles. The normalized spacial score (nSPS) is 17.7. The average Bonchev–Trinajstić information content (AvgIpc) is 3.23. The second kappa shape index (κ2) is 6.76. The van der Waals surface area contributed by atoms with E-state index in [1.165, 1.54) is 11.8 Å². The van der Waals surface area contributed by atoms with Gasteiger partial charge in [-0.25, -0.2) is 5.10 Å². The predicted octanol–water partition coefficient (Wildman–Crippen LogP) is 1.96. The van der Waals surface area contributed by atoms with Gasteiger partial charge in [0.05, 0.1) is 11.9 Å². The van der Waals surface area contributed by atoms with E-state index < -0.39 is 0 Å². The highest BCUT2D eigenvalue weighted by molar-refractivity contribution is 7.99. The SMILES string of the molecule is Cc1cc(C(=O)CSc2n[nH]c(N)n2)c(C)n1C[C@@H]1CCCO1. The molecule has 1 atom stereocenters. The maximum atomic E-state index is 12.5. The molecule has 3 rings (SSSR count). The molecule has 8 heteroatoms. The van der Waals surface area contributed by atoms with Crippen molar-refractivity contribution in [2.75, 3.05) is 18.1 Å². The minimum absolute atomic E-state index is 0.0741. The van der Waals surface area contributed by atoms with Crippen molar-refractivity contribution in [2.45, 2.75) is 44.5 Å². The topological polar surface area (TPSA) is 98.8 Å². The number of carbonyl (C=O) groups is 1. The lowest BCUT2D eigenvalue weighted by Crippen LogP contribution is -2.17. The van der Waals surface area contributed by atoms with Crippen LogP contribution in [0.5, 0.6) is 0 Å². The van der Waals surface area contributed by atoms with Crippen LogP contribution in [0, 0.1) is 13.8 Å². The Kier molecular flexibility index (Phi) is 4.72. The first-order valence-corrected chi connectivity index (χ1v) is 8.65. The Morgan fingerprint density at radius 1 is 1.57 bits per heavy atom. The summed E-state index contributed by atoms with van der Waals surface area (Å²) in [5, 5.41) is 6.98. The number of ether oxygens (including phenoxy) is 1. The van der Waals surface area contributed by atoms with Gasteiger partial charge in [-0.05, 0) is 32.8 Å². The molecule has 0 spiro atoms. The van der Waals surface area contributed by atoms with Crippen molar-refractivity contribution < 1.29 is 9.53 Å². The van der Waals surface area contributed by atoms with Crippen molar-refractivity contribution in [1.29, 1.82) is 0 Å². The summed E-state index contributed by atoms with van der Waals surface area (Å²) in [6.07, 6.45) is 2.46. The molecule has 1 aliphatic rings. The van der Waals surface area contributed by atoms with Crippen molar-refractivity contribution in [1.82, 2.24) is 19.7 Å². The van der Waals surface area contributed by atoms with Gasteiger partial charge in [-0.3, -0.25) is 4.79 Å². The number of ketones is 1. The summed E-state index contributed by atoms with van der Waals surface area (Å²) in [6, 6.07) is 1.96. The summed E-state index contributed by atoms with van der Waals surface area (Å²) in [4.78, 5) is 16.5. The van der Waals surface area contributed by atoms with Crippen LogP contribution in [0.1, 0.15) is 34.6 Å². The van der Waals surface area contributed by atoms with E-state index in [4.69, 9.17) is 10.5 Å². The Hall–Kier alpha value is -1.80. The number of nitrogens with two attached hydrogens (primary N) is 1. The molecule has 23 heavy (non-hydrogen) atoms. The lowest BCUT2D eigenvalue weighted by Gasteiger charge is -2.14. The van der Waals surface area contributed by atoms with Crippen LogP contribution in [0.4, 0.5) is 5.95 Å². The average molecular weight is 335 g/mol. The zero-order valence-electron chi connectivity index (χ0n) is 13.3. The van der Waals surface area contributed by atoms with Gasteiger partial charge in [0.2, 0.25) is 11.1 Å². The molecule has 0 saturated carbocycles. The summed E-state index contributed by atoms with van der Waals surface area (Å²) in [7, 11) is 0. The van der Waals surface area contributed by atoms with Crippen molar-refractivity contribution in [3.05, 3.63) is 23.0 Å². The lowest BCUT2D eigenvalue weighted by atomic mass is 10.2. The number of H-pyrrole nitrogens is 1. The maximum Gasteiger partial charge on any atom is 0.216 e. The zero-order chi connectivity index (χ0) is 16.4. The summed E-state index contributed by atoms with van der Waals surface area (Å²) in [5.74, 6) is 0.626. The molecule has 1 aliphatic heterocycles. The van der Waals surface area contributed by atoms with Gasteiger partial charge >= 0.3 is 0 Å². The van der Waals surface area contributed by atoms with Crippen LogP contribution in [-0.2, 0) is 11.3 Å². The number of nitrogens with one attached hydrogen (secondary N) is 1. The fourth-order valence-corrected chi connectivity index (χ4v) is 3.58. The molecule has 0 radical (unpaired) electrons. The number of thioether (sulfide) groups is 1. The molecule has 124 valence electrons. The first-order chi connectivity index (χ1) is 11.0. The zero-order valence-corrected chi connectivity index (χ0v) is 14.2. The third-order valence-electron chi connectivity index (χ3n) is 4.10. The number of hydrogen-bond donors (Lipinski definition) is 2. The van der Waals surface area contributed by atoms with Crippen LogP contribution in [-0.4, -0.2) is 44.0 Å². The van der Waals surface area contributed by atoms with Crippen LogP contribution < -0.4 is 5.73 Å². The van der Waals surface area contributed by atoms with E-state index in [0.717, 1.165) is 42.9 Å². The Morgan fingerprint density at radius 2 is 2.39 bits per heavy atom. The minimum atomic E-state index is 0.0741. The standard InChI is InChI=1S/C15H21N5O2S/c1-9-6-12(10(2)20(9)7-11-4-3-5-22-11)13(21)8-23-15-17-14(16)18-19-15/h6,11H,3-5,7-8H2,1-2H3,(H3,16,17,18,19)/t11-/m0/s1. The number of carbonyl (C=O) groups excluding carboxylic acids is 1. The molecule has 7 nitrogen and oxygen atoms in total. The van der Waals surface area contributed by atoms with Gasteiger partial charge in [-0.15, -0.1) is 5.10 Å². The van der Waals surface area contributed by atoms with Crippen molar-refractivity contribution in [3.63, 3.8) is 0 Å². The Bertz CT molecular complexity index is 703. The number of nitrogen functional groups attached to an aromatic ring is 1. The van der Waals surface area contributed by atoms with Gasteiger partial charge in [0.25, 0.3) is 0 Å². The number of rotatable bonds is 6. The summed E-state index contributed by atoms with van der Waals surface area (Å²) >= 11 is 1.28. The Balaban J connectivity index is 1.68. The molecule has 1 saturated heterocycles. The van der Waals surface area contributed by atoms with E-state index in [9.17, 15) is 4.79 Å². The molecule has 2 aromatic heterocycles. The van der Waals surface area contributed by atoms with E-state index in [1.54, 1.807) is 0 Å². The predicted molar refractivity (Wildman–Crippen MR) is 88.7 cm³/mol. The first kappa shape index (κ1) is 16.1. The van der Waals surface area contributed by atoms with Crippen molar-refractivity contribution in [3.8, 4) is 0 Å². The maximum absolute atomic E-state index is 12.5. The molecule has 1 fully saturated rings. The smallest absolute Gasteiger partial charge is 0.216 e. The highest BCUT2D eigenvalue weighted by Gasteiger charge is 2.21. The van der Waals surface area contributed by atoms with Crippen LogP contribution >= 0.6 is 11.8 Å². The Morgan fingerprint density at radius 3 is 3.04 bits per heavy atom. The lowest BCUT2D eigenvalue weighted by molar-refractivity contribution is 0.0957. The van der Waals surface area contributed by atoms with E-state index in [2.05, 4.69) is 19.7 Å². The molecule has 0 aliphatic carbocycles. The summed E-state index contributed by atoms with van der Waals surface area (Å²) < 4.78 is 7.88. The van der Waals surface area contributed by atoms with E-state index in [-0.39, 0.29) is 17.8 Å². The molecule has 3 N–H and O–H groups in total. The largest absolute Gasteiger partial charge is 0.376 e. The number of aromatic nitrogens is 4. The van der Waals surface area contributed by atoms with E-state index >= 15 is 0 Å². The third-order valence-corrected chi connectivity index (χ3v) is 4.95. The molecule has 0 bridgehead atoms. The van der Waals surface area contributed by atoms with Crippen molar-refractivity contribution >= 4 is 23.5 Å². The number of nitrogens with zero attached hydrogens (tertiary/aromatic N) is 3. The number of anilines is 1. The van der Waals surface area contributed by atoms with E-state index in [1.807, 2.05) is 19.9 Å². The van der Waals surface area contributed by atoms with Crippen LogP contribution in [0.25, 0.3) is 0 Å². The summed E-state index contributed by atoms with van der Waals surface area (Å²) in [5.41, 5.74) is 8.33. The number of Topliss-reactive ketones (excluding diaryl/α,β-unsaturated/α-hetero) is 1. The van der Waals surface area contributed by atoms with Crippen molar-refractivity contribution in [2.24, 2.45) is 0 Å². The monoisotopic (exact) mass is 335 g/mol. The third kappa shape index (κ3) is 3.59. The van der Waals surface area contributed by atoms with Gasteiger partial charge < -0.3 is 15.0 Å². The second-order valence-electron chi connectivity index (χ2n) is 5.75. The molecule has 0 aromatic carbocycles. The van der Waals surface area contributed by atoms with Crippen LogP contribution in [0.2, 0.25) is 0 Å². The quantitative estimate of drug-likeness (QED) is 0.618. The molecule has 0 unspecified atom stereocenters. The molecular weight excluding hydrogens is 314 g/mol. The number of aromatic amines is 1. The van der Waals surface area contributed by atoms with Gasteiger partial charge in [0, 0.05) is 30.1 Å². The fraction of sp³-hybridized carbons (Fsp3) is 0.533. The molecule has 0 amide bonds. The van der Waals surface area contributed by atoms with Gasteiger partial charge in [0.1, 0.15) is 0 Å². The van der Waals surface area contributed by atoms with Crippen LogP contribution in [0.15, 0.2) is 11.2 Å². The Labute approximate surface area is 139 Å². The number of hydrogen-bond acceptors (Lipinski definition) is 6. The fourth-order valence-electron chi connectivity index (χ4n) is 2.89. The van der Waals surface area contributed by atoms with Gasteiger partial charge in [-0.2, -0.15) is 4.98 Å². The highest BCUT2D eigenvalue weighted by Crippen LogP contribution is 2.22. The molecular formula is C15H21N5O2S. The molecule has 2 aromatic rings.